The molecular formula is C17H24N6O. The second kappa shape index (κ2) is 6.67. The minimum atomic E-state index is -0.171. The zero-order valence-corrected chi connectivity index (χ0v) is 13.9. The Morgan fingerprint density at radius 1 is 0.792 bits per heavy atom. The first kappa shape index (κ1) is 15.2. The van der Waals surface area contributed by atoms with E-state index in [-0.39, 0.29) is 6.03 Å². The van der Waals surface area contributed by atoms with Crippen molar-refractivity contribution in [2.45, 2.75) is 64.5 Å². The van der Waals surface area contributed by atoms with Crippen molar-refractivity contribution < 1.29 is 4.79 Å². The Morgan fingerprint density at radius 3 is 1.75 bits per heavy atom. The molecule has 0 aliphatic heterocycles. The van der Waals surface area contributed by atoms with Crippen LogP contribution in [0.2, 0.25) is 0 Å². The predicted molar refractivity (Wildman–Crippen MR) is 89.5 cm³/mol. The number of nitrogens with zero attached hydrogens (tertiary/aromatic N) is 2. The maximum atomic E-state index is 12.1. The SMILES string of the molecule is O=C(NCc1n[nH]c2c1CCCC2)NCc1n[nH]c2c1CCCC2. The van der Waals surface area contributed by atoms with Crippen LogP contribution < -0.4 is 10.6 Å². The molecule has 0 spiro atoms. The second-order valence-corrected chi connectivity index (χ2v) is 6.71. The number of amides is 2. The number of hydrogen-bond donors (Lipinski definition) is 4. The number of nitrogens with one attached hydrogen (secondary N) is 4. The van der Waals surface area contributed by atoms with Crippen molar-refractivity contribution in [3.05, 3.63) is 33.9 Å². The summed E-state index contributed by atoms with van der Waals surface area (Å²) in [5.41, 5.74) is 7.00. The van der Waals surface area contributed by atoms with E-state index in [1.807, 2.05) is 0 Å². The summed E-state index contributed by atoms with van der Waals surface area (Å²) in [6.07, 6.45) is 9.10. The zero-order valence-electron chi connectivity index (χ0n) is 13.9. The van der Waals surface area contributed by atoms with Gasteiger partial charge in [0.1, 0.15) is 0 Å². The molecule has 0 saturated carbocycles. The highest BCUT2D eigenvalue weighted by molar-refractivity contribution is 5.73. The molecule has 2 aliphatic carbocycles. The van der Waals surface area contributed by atoms with Gasteiger partial charge in [-0.3, -0.25) is 10.2 Å². The van der Waals surface area contributed by atoms with Gasteiger partial charge < -0.3 is 10.6 Å². The molecular weight excluding hydrogens is 304 g/mol. The monoisotopic (exact) mass is 328 g/mol. The predicted octanol–water partition coefficient (Wildman–Crippen LogP) is 1.89. The lowest BCUT2D eigenvalue weighted by Gasteiger charge is -2.12. The van der Waals surface area contributed by atoms with Crippen molar-refractivity contribution in [3.8, 4) is 0 Å². The lowest BCUT2D eigenvalue weighted by molar-refractivity contribution is 0.240. The van der Waals surface area contributed by atoms with Gasteiger partial charge in [-0.15, -0.1) is 0 Å². The third-order valence-electron chi connectivity index (χ3n) is 5.12. The Morgan fingerprint density at radius 2 is 1.25 bits per heavy atom. The van der Waals surface area contributed by atoms with E-state index in [9.17, 15) is 4.79 Å². The minimum Gasteiger partial charge on any atom is -0.332 e. The van der Waals surface area contributed by atoms with Crippen LogP contribution in [0.4, 0.5) is 4.79 Å². The number of fused-ring (bicyclic) bond motifs is 2. The minimum absolute atomic E-state index is 0.171. The molecule has 0 unspecified atom stereocenters. The van der Waals surface area contributed by atoms with Crippen molar-refractivity contribution in [2.75, 3.05) is 0 Å². The maximum absolute atomic E-state index is 12.1. The van der Waals surface area contributed by atoms with Gasteiger partial charge in [-0.25, -0.2) is 4.79 Å². The molecule has 4 N–H and O–H groups in total. The number of aryl methyl sites for hydroxylation is 2. The summed E-state index contributed by atoms with van der Waals surface area (Å²) >= 11 is 0. The van der Waals surface area contributed by atoms with Crippen molar-refractivity contribution in [1.82, 2.24) is 31.0 Å². The number of aromatic amines is 2. The van der Waals surface area contributed by atoms with E-state index in [0.29, 0.717) is 13.1 Å². The summed E-state index contributed by atoms with van der Waals surface area (Å²) in [7, 11) is 0. The van der Waals surface area contributed by atoms with Gasteiger partial charge in [0.15, 0.2) is 0 Å². The van der Waals surface area contributed by atoms with Gasteiger partial charge in [-0.2, -0.15) is 10.2 Å². The number of carbonyl (C=O) groups excluding carboxylic acids is 1. The van der Waals surface area contributed by atoms with Crippen LogP contribution in [-0.2, 0) is 38.8 Å². The number of H-pyrrole nitrogens is 2. The molecule has 0 radical (unpaired) electrons. The summed E-state index contributed by atoms with van der Waals surface area (Å²) in [4.78, 5) is 12.1. The fourth-order valence-corrected chi connectivity index (χ4v) is 3.78. The van der Waals surface area contributed by atoms with Gasteiger partial charge in [0.2, 0.25) is 0 Å². The van der Waals surface area contributed by atoms with Crippen molar-refractivity contribution in [1.29, 1.82) is 0 Å². The average molecular weight is 328 g/mol. The lowest BCUT2D eigenvalue weighted by atomic mass is 9.96. The quantitative estimate of drug-likeness (QED) is 0.690. The van der Waals surface area contributed by atoms with E-state index in [1.165, 1.54) is 48.2 Å². The Kier molecular flexibility index (Phi) is 4.23. The number of aromatic nitrogens is 4. The molecule has 0 saturated heterocycles. The van der Waals surface area contributed by atoms with Crippen LogP contribution in [0.15, 0.2) is 0 Å². The van der Waals surface area contributed by atoms with Crippen LogP contribution in [0.3, 0.4) is 0 Å². The summed E-state index contributed by atoms with van der Waals surface area (Å²) in [5.74, 6) is 0. The molecule has 7 heteroatoms. The average Bonchev–Trinajstić information content (AvgIpc) is 3.22. The van der Waals surface area contributed by atoms with Gasteiger partial charge >= 0.3 is 6.03 Å². The van der Waals surface area contributed by atoms with E-state index in [4.69, 9.17) is 0 Å². The largest absolute Gasteiger partial charge is 0.332 e. The van der Waals surface area contributed by atoms with Crippen LogP contribution in [0, 0.1) is 0 Å². The van der Waals surface area contributed by atoms with E-state index < -0.39 is 0 Å². The van der Waals surface area contributed by atoms with Gasteiger partial charge in [0.25, 0.3) is 0 Å². The molecule has 24 heavy (non-hydrogen) atoms. The highest BCUT2D eigenvalue weighted by Gasteiger charge is 2.18. The highest BCUT2D eigenvalue weighted by atomic mass is 16.2. The second-order valence-electron chi connectivity index (χ2n) is 6.71. The van der Waals surface area contributed by atoms with E-state index >= 15 is 0 Å². The number of hydrogen-bond acceptors (Lipinski definition) is 3. The molecule has 7 nitrogen and oxygen atoms in total. The maximum Gasteiger partial charge on any atom is 0.315 e. The van der Waals surface area contributed by atoms with E-state index in [2.05, 4.69) is 31.0 Å². The van der Waals surface area contributed by atoms with Gasteiger partial charge in [0.05, 0.1) is 24.5 Å². The van der Waals surface area contributed by atoms with Crippen LogP contribution in [0.1, 0.15) is 59.6 Å². The molecule has 2 aromatic heterocycles. The first-order valence-corrected chi connectivity index (χ1v) is 8.93. The molecule has 2 aromatic rings. The zero-order chi connectivity index (χ0) is 16.4. The van der Waals surface area contributed by atoms with Crippen molar-refractivity contribution in [3.63, 3.8) is 0 Å². The summed E-state index contributed by atoms with van der Waals surface area (Å²) in [6.45, 7) is 0.937. The molecule has 0 aromatic carbocycles. The number of carbonyl (C=O) groups is 1. The third-order valence-corrected chi connectivity index (χ3v) is 5.12. The fourth-order valence-electron chi connectivity index (χ4n) is 3.78. The Bertz CT molecular complexity index is 671. The van der Waals surface area contributed by atoms with Gasteiger partial charge in [0, 0.05) is 11.4 Å². The molecule has 2 heterocycles. The Hall–Kier alpha value is -2.31. The molecule has 0 atom stereocenters. The van der Waals surface area contributed by atoms with Gasteiger partial charge in [-0.1, -0.05) is 0 Å². The molecule has 2 aliphatic rings. The van der Waals surface area contributed by atoms with E-state index in [0.717, 1.165) is 37.1 Å². The van der Waals surface area contributed by atoms with Crippen LogP contribution in [0.25, 0.3) is 0 Å². The van der Waals surface area contributed by atoms with Crippen LogP contribution in [-0.4, -0.2) is 26.4 Å². The van der Waals surface area contributed by atoms with Crippen LogP contribution in [0.5, 0.6) is 0 Å². The highest BCUT2D eigenvalue weighted by Crippen LogP contribution is 2.22. The summed E-state index contributed by atoms with van der Waals surface area (Å²) < 4.78 is 0. The smallest absolute Gasteiger partial charge is 0.315 e. The molecule has 128 valence electrons. The topological polar surface area (TPSA) is 98.5 Å². The molecule has 0 bridgehead atoms. The molecule has 0 fully saturated rings. The number of urea groups is 1. The van der Waals surface area contributed by atoms with Crippen molar-refractivity contribution in [2.24, 2.45) is 0 Å². The Labute approximate surface area is 141 Å². The van der Waals surface area contributed by atoms with Gasteiger partial charge in [-0.05, 0) is 62.5 Å². The van der Waals surface area contributed by atoms with Crippen molar-refractivity contribution >= 4 is 6.03 Å². The first-order valence-electron chi connectivity index (χ1n) is 8.93. The number of rotatable bonds is 4. The Balaban J connectivity index is 1.30. The normalized spacial score (nSPS) is 16.3. The molecule has 2 amide bonds. The van der Waals surface area contributed by atoms with Crippen LogP contribution >= 0.6 is 0 Å². The third kappa shape index (κ3) is 3.02. The summed E-state index contributed by atoms with van der Waals surface area (Å²) in [6, 6.07) is -0.171. The summed E-state index contributed by atoms with van der Waals surface area (Å²) in [5, 5.41) is 20.7. The standard InChI is InChI=1S/C17H24N6O/c24-17(18-9-15-11-5-1-3-7-13(11)20-22-15)19-10-16-12-6-2-4-8-14(12)21-23-16/h1-10H2,(H,20,22)(H,21,23)(H2,18,19,24). The van der Waals surface area contributed by atoms with E-state index in [1.54, 1.807) is 0 Å². The first-order chi connectivity index (χ1) is 11.8. The molecule has 4 rings (SSSR count). The fraction of sp³-hybridized carbons (Fsp3) is 0.588. The lowest BCUT2D eigenvalue weighted by Crippen LogP contribution is -2.35.